The average molecular weight is 380 g/mol. The third-order valence-electron chi connectivity index (χ3n) is 5.09. The summed E-state index contributed by atoms with van der Waals surface area (Å²) in [6.45, 7) is 2.19. The molecule has 1 aliphatic rings. The normalized spacial score (nSPS) is 19.6. The number of aromatic nitrogens is 1. The summed E-state index contributed by atoms with van der Waals surface area (Å²) in [7, 11) is 1.42. The highest BCUT2D eigenvalue weighted by Crippen LogP contribution is 2.45. The maximum atomic E-state index is 12.6. The number of nitrogens with zero attached hydrogens (tertiary/aromatic N) is 1. The molecule has 1 aromatic rings. The SMILES string of the molecule is COC(=O)CCCCCCCC(C(=O)On1ccccc1=S)[C@H]1C[C@H]1C. The highest BCUT2D eigenvalue weighted by Gasteiger charge is 2.43. The Morgan fingerprint density at radius 3 is 2.58 bits per heavy atom. The summed E-state index contributed by atoms with van der Waals surface area (Å²) in [6, 6.07) is 5.37. The van der Waals surface area contributed by atoms with Gasteiger partial charge in [0.05, 0.1) is 13.0 Å². The van der Waals surface area contributed by atoms with Gasteiger partial charge in [-0.25, -0.2) is 4.79 Å². The van der Waals surface area contributed by atoms with Gasteiger partial charge in [0, 0.05) is 12.6 Å². The number of ether oxygens (including phenoxy) is 1. The summed E-state index contributed by atoms with van der Waals surface area (Å²) < 4.78 is 6.51. The summed E-state index contributed by atoms with van der Waals surface area (Å²) in [5.74, 6) is 0.653. The molecule has 6 heteroatoms. The number of unbranched alkanes of at least 4 members (excludes halogenated alkanes) is 4. The molecule has 3 atom stereocenters. The number of methoxy groups -OCH3 is 1. The van der Waals surface area contributed by atoms with E-state index < -0.39 is 0 Å². The van der Waals surface area contributed by atoms with Crippen LogP contribution in [0.25, 0.3) is 0 Å². The second kappa shape index (κ2) is 10.5. The summed E-state index contributed by atoms with van der Waals surface area (Å²) in [4.78, 5) is 29.2. The molecule has 1 saturated carbocycles. The Kier molecular flexibility index (Phi) is 8.29. The summed E-state index contributed by atoms with van der Waals surface area (Å²) in [6.07, 6.45) is 9.13. The zero-order chi connectivity index (χ0) is 18.9. The zero-order valence-corrected chi connectivity index (χ0v) is 16.5. The minimum absolute atomic E-state index is 0.0535. The molecule has 2 rings (SSSR count). The van der Waals surface area contributed by atoms with Crippen LogP contribution in [0.15, 0.2) is 24.4 Å². The van der Waals surface area contributed by atoms with Crippen molar-refractivity contribution in [1.29, 1.82) is 0 Å². The van der Waals surface area contributed by atoms with Crippen LogP contribution in [0.5, 0.6) is 0 Å². The minimum atomic E-state index is -0.174. The van der Waals surface area contributed by atoms with E-state index in [1.54, 1.807) is 18.3 Å². The van der Waals surface area contributed by atoms with Crippen LogP contribution in [0.2, 0.25) is 0 Å². The number of hydrogen-bond acceptors (Lipinski definition) is 5. The van der Waals surface area contributed by atoms with Gasteiger partial charge in [-0.05, 0) is 43.2 Å². The van der Waals surface area contributed by atoms with Crippen LogP contribution < -0.4 is 4.84 Å². The molecule has 144 valence electrons. The van der Waals surface area contributed by atoms with Gasteiger partial charge in [0.25, 0.3) is 0 Å². The van der Waals surface area contributed by atoms with Gasteiger partial charge >= 0.3 is 11.9 Å². The summed E-state index contributed by atoms with van der Waals surface area (Å²) >= 11 is 5.19. The lowest BCUT2D eigenvalue weighted by Crippen LogP contribution is -2.29. The number of carbonyl (C=O) groups is 2. The summed E-state index contributed by atoms with van der Waals surface area (Å²) in [5, 5.41) is 0. The minimum Gasteiger partial charge on any atom is -0.469 e. The fraction of sp³-hybridized carbons (Fsp3) is 0.650. The molecule has 0 aliphatic heterocycles. The lowest BCUT2D eigenvalue weighted by Gasteiger charge is -2.16. The Hall–Kier alpha value is -1.69. The zero-order valence-electron chi connectivity index (χ0n) is 15.7. The number of carbonyl (C=O) groups excluding carboxylic acids is 2. The Labute approximate surface area is 160 Å². The fourth-order valence-electron chi connectivity index (χ4n) is 3.34. The van der Waals surface area contributed by atoms with Crippen LogP contribution in [-0.2, 0) is 14.3 Å². The Balaban J connectivity index is 1.74. The maximum Gasteiger partial charge on any atom is 0.336 e. The first-order valence-corrected chi connectivity index (χ1v) is 9.90. The second-order valence-corrected chi connectivity index (χ2v) is 7.56. The van der Waals surface area contributed by atoms with Crippen molar-refractivity contribution < 1.29 is 19.2 Å². The van der Waals surface area contributed by atoms with Crippen LogP contribution in [-0.4, -0.2) is 23.8 Å². The van der Waals surface area contributed by atoms with Gasteiger partial charge in [-0.1, -0.05) is 50.9 Å². The van der Waals surface area contributed by atoms with Crippen molar-refractivity contribution in [2.45, 2.75) is 58.3 Å². The molecule has 0 bridgehead atoms. The lowest BCUT2D eigenvalue weighted by atomic mass is 9.95. The Morgan fingerprint density at radius 1 is 1.23 bits per heavy atom. The smallest absolute Gasteiger partial charge is 0.336 e. The van der Waals surface area contributed by atoms with E-state index in [1.165, 1.54) is 11.8 Å². The van der Waals surface area contributed by atoms with Crippen molar-refractivity contribution in [3.05, 3.63) is 29.0 Å². The molecular formula is C20H29NO4S. The van der Waals surface area contributed by atoms with E-state index in [0.717, 1.165) is 44.9 Å². The fourth-order valence-corrected chi connectivity index (χ4v) is 3.51. The average Bonchev–Trinajstić information content (AvgIpc) is 3.35. The van der Waals surface area contributed by atoms with Crippen molar-refractivity contribution >= 4 is 24.2 Å². The molecule has 5 nitrogen and oxygen atoms in total. The molecule has 0 N–H and O–H groups in total. The molecule has 26 heavy (non-hydrogen) atoms. The predicted molar refractivity (Wildman–Crippen MR) is 102 cm³/mol. The molecule has 0 radical (unpaired) electrons. The Morgan fingerprint density at radius 2 is 1.92 bits per heavy atom. The van der Waals surface area contributed by atoms with E-state index in [0.29, 0.717) is 22.9 Å². The molecule has 1 aliphatic carbocycles. The van der Waals surface area contributed by atoms with Crippen LogP contribution in [0.1, 0.15) is 58.3 Å². The molecular weight excluding hydrogens is 350 g/mol. The van der Waals surface area contributed by atoms with Gasteiger partial charge in [0.2, 0.25) is 0 Å². The number of hydrogen-bond donors (Lipinski definition) is 0. The number of rotatable bonds is 11. The predicted octanol–water partition coefficient (Wildman–Crippen LogP) is 4.35. The first-order valence-electron chi connectivity index (χ1n) is 9.49. The Bertz CT molecular complexity index is 657. The molecule has 0 aromatic carbocycles. The van der Waals surface area contributed by atoms with Gasteiger partial charge in [0.15, 0.2) is 0 Å². The van der Waals surface area contributed by atoms with E-state index in [9.17, 15) is 9.59 Å². The van der Waals surface area contributed by atoms with Gasteiger partial charge in [0.1, 0.15) is 4.64 Å². The molecule has 0 amide bonds. The molecule has 0 spiro atoms. The topological polar surface area (TPSA) is 57.5 Å². The highest BCUT2D eigenvalue weighted by molar-refractivity contribution is 7.71. The lowest BCUT2D eigenvalue weighted by molar-refractivity contribution is -0.150. The first kappa shape index (κ1) is 20.6. The molecule has 1 heterocycles. The standard InChI is InChI=1S/C20H29NO4S/c1-15-14-17(15)16(10-6-4-3-5-7-12-19(22)24-2)20(23)25-21-13-9-8-11-18(21)26/h8-9,11,13,15-17H,3-7,10,12,14H2,1-2H3/t15-,16?,17+/m1/s1. The number of esters is 1. The van der Waals surface area contributed by atoms with Crippen molar-refractivity contribution in [3.8, 4) is 0 Å². The van der Waals surface area contributed by atoms with Gasteiger partial charge in [-0.3, -0.25) is 4.79 Å². The molecule has 1 aromatic heterocycles. The first-order chi connectivity index (χ1) is 12.5. The largest absolute Gasteiger partial charge is 0.469 e. The van der Waals surface area contributed by atoms with Crippen molar-refractivity contribution in [2.75, 3.05) is 7.11 Å². The van der Waals surface area contributed by atoms with Gasteiger partial charge < -0.3 is 9.57 Å². The van der Waals surface area contributed by atoms with Crippen LogP contribution >= 0.6 is 12.2 Å². The van der Waals surface area contributed by atoms with Crippen molar-refractivity contribution in [3.63, 3.8) is 0 Å². The molecule has 0 saturated heterocycles. The summed E-state index contributed by atoms with van der Waals surface area (Å²) in [5.41, 5.74) is 0. The molecule has 1 fully saturated rings. The van der Waals surface area contributed by atoms with Gasteiger partial charge in [-0.15, -0.1) is 0 Å². The van der Waals surface area contributed by atoms with E-state index in [2.05, 4.69) is 11.7 Å². The van der Waals surface area contributed by atoms with Crippen LogP contribution in [0.4, 0.5) is 0 Å². The van der Waals surface area contributed by atoms with E-state index in [1.807, 2.05) is 6.07 Å². The third kappa shape index (κ3) is 6.56. The van der Waals surface area contributed by atoms with E-state index >= 15 is 0 Å². The van der Waals surface area contributed by atoms with E-state index in [4.69, 9.17) is 17.1 Å². The van der Waals surface area contributed by atoms with Crippen LogP contribution in [0, 0.1) is 22.4 Å². The highest BCUT2D eigenvalue weighted by atomic mass is 32.1. The van der Waals surface area contributed by atoms with Crippen molar-refractivity contribution in [2.24, 2.45) is 17.8 Å². The monoisotopic (exact) mass is 379 g/mol. The second-order valence-electron chi connectivity index (χ2n) is 7.14. The van der Waals surface area contributed by atoms with Crippen LogP contribution in [0.3, 0.4) is 0 Å². The van der Waals surface area contributed by atoms with Gasteiger partial charge in [-0.2, -0.15) is 4.73 Å². The van der Waals surface area contributed by atoms with Crippen molar-refractivity contribution in [1.82, 2.24) is 4.73 Å². The number of pyridine rings is 1. The quantitative estimate of drug-likeness (QED) is 0.325. The third-order valence-corrected chi connectivity index (χ3v) is 5.41. The molecule has 1 unspecified atom stereocenters. The maximum absolute atomic E-state index is 12.6. The van der Waals surface area contributed by atoms with E-state index in [-0.39, 0.29) is 17.9 Å².